The van der Waals surface area contributed by atoms with Crippen LogP contribution >= 0.6 is 0 Å². The summed E-state index contributed by atoms with van der Waals surface area (Å²) < 4.78 is 37.7. The summed E-state index contributed by atoms with van der Waals surface area (Å²) in [6.07, 6.45) is 0.398. The molecule has 0 radical (unpaired) electrons. The molecule has 1 heterocycles. The smallest absolute Gasteiger partial charge is 0.319 e. The van der Waals surface area contributed by atoms with Gasteiger partial charge in [-0.05, 0) is 12.0 Å². The molecular formula is C18H18F2N2O3. The molecule has 0 saturated carbocycles. The average Bonchev–Trinajstić information content (AvgIpc) is 3.03. The Kier molecular flexibility index (Phi) is 5.14. The van der Waals surface area contributed by atoms with E-state index < -0.39 is 23.4 Å². The van der Waals surface area contributed by atoms with Gasteiger partial charge in [-0.1, -0.05) is 30.3 Å². The molecule has 0 bridgehead atoms. The molecule has 132 valence electrons. The normalized spacial score (nSPS) is 19.5. The van der Waals surface area contributed by atoms with Crippen LogP contribution in [0.15, 0.2) is 42.5 Å². The van der Waals surface area contributed by atoms with Gasteiger partial charge in [0.25, 0.3) is 0 Å². The fourth-order valence-corrected chi connectivity index (χ4v) is 2.87. The number of urea groups is 1. The zero-order valence-corrected chi connectivity index (χ0v) is 13.6. The van der Waals surface area contributed by atoms with E-state index in [0.717, 1.165) is 17.7 Å². The summed E-state index contributed by atoms with van der Waals surface area (Å²) >= 11 is 0. The van der Waals surface area contributed by atoms with Crippen LogP contribution in [0.2, 0.25) is 0 Å². The third kappa shape index (κ3) is 3.88. The Morgan fingerprint density at radius 1 is 1.20 bits per heavy atom. The quantitative estimate of drug-likeness (QED) is 0.887. The number of methoxy groups -OCH3 is 1. The van der Waals surface area contributed by atoms with Crippen LogP contribution in [0.25, 0.3) is 0 Å². The van der Waals surface area contributed by atoms with Crippen LogP contribution in [-0.2, 0) is 4.74 Å². The van der Waals surface area contributed by atoms with E-state index >= 15 is 0 Å². The van der Waals surface area contributed by atoms with E-state index in [0.29, 0.717) is 13.0 Å². The van der Waals surface area contributed by atoms with Crippen molar-refractivity contribution in [3.05, 3.63) is 59.7 Å². The van der Waals surface area contributed by atoms with Crippen molar-refractivity contribution in [1.29, 1.82) is 0 Å². The first-order chi connectivity index (χ1) is 12.1. The number of halogens is 2. The standard InChI is InChI=1S/C18H18F2N2O3/c1-24-17-13(19)9-12(10-14(17)20)21-18(23)22-15-7-8-25-16(15)11-5-3-2-4-6-11/h2-6,9-10,15-16H,7-8H2,1H3,(H2,21,22,23). The first kappa shape index (κ1) is 17.2. The molecule has 2 N–H and O–H groups in total. The lowest BCUT2D eigenvalue weighted by molar-refractivity contribution is 0.100. The Hall–Kier alpha value is -2.67. The predicted molar refractivity (Wildman–Crippen MR) is 88.6 cm³/mol. The average molecular weight is 348 g/mol. The van der Waals surface area contributed by atoms with E-state index in [4.69, 9.17) is 4.74 Å². The lowest BCUT2D eigenvalue weighted by atomic mass is 10.0. The topological polar surface area (TPSA) is 59.6 Å². The SMILES string of the molecule is COc1c(F)cc(NC(=O)NC2CCOC2c2ccccc2)cc1F. The highest BCUT2D eigenvalue weighted by Crippen LogP contribution is 2.29. The van der Waals surface area contributed by atoms with Crippen LogP contribution < -0.4 is 15.4 Å². The summed E-state index contributed by atoms with van der Waals surface area (Å²) in [7, 11) is 1.17. The third-order valence-corrected chi connectivity index (χ3v) is 4.00. The molecule has 1 aliphatic rings. The van der Waals surface area contributed by atoms with Gasteiger partial charge in [-0.3, -0.25) is 0 Å². The molecule has 1 aliphatic heterocycles. The Labute approximate surface area is 143 Å². The maximum Gasteiger partial charge on any atom is 0.319 e. The molecule has 2 amide bonds. The molecule has 2 aromatic rings. The first-order valence-electron chi connectivity index (χ1n) is 7.85. The van der Waals surface area contributed by atoms with Gasteiger partial charge in [0.2, 0.25) is 0 Å². The molecule has 0 aliphatic carbocycles. The van der Waals surface area contributed by atoms with Crippen molar-refractivity contribution in [2.24, 2.45) is 0 Å². The molecular weight excluding hydrogens is 330 g/mol. The van der Waals surface area contributed by atoms with Gasteiger partial charge in [0.05, 0.1) is 13.2 Å². The fourth-order valence-electron chi connectivity index (χ4n) is 2.87. The summed E-state index contributed by atoms with van der Waals surface area (Å²) in [5.74, 6) is -2.26. The lowest BCUT2D eigenvalue weighted by Gasteiger charge is -2.20. The van der Waals surface area contributed by atoms with E-state index in [2.05, 4.69) is 15.4 Å². The van der Waals surface area contributed by atoms with Crippen molar-refractivity contribution >= 4 is 11.7 Å². The van der Waals surface area contributed by atoms with Crippen LogP contribution in [0.4, 0.5) is 19.3 Å². The van der Waals surface area contributed by atoms with Crippen LogP contribution in [0.5, 0.6) is 5.75 Å². The number of ether oxygens (including phenoxy) is 2. The van der Waals surface area contributed by atoms with Gasteiger partial charge in [-0.25, -0.2) is 13.6 Å². The Morgan fingerprint density at radius 2 is 1.88 bits per heavy atom. The highest BCUT2D eigenvalue weighted by Gasteiger charge is 2.30. The molecule has 3 rings (SSSR count). The van der Waals surface area contributed by atoms with Gasteiger partial charge < -0.3 is 20.1 Å². The van der Waals surface area contributed by atoms with Crippen molar-refractivity contribution in [1.82, 2.24) is 5.32 Å². The second kappa shape index (κ2) is 7.48. The first-order valence-corrected chi connectivity index (χ1v) is 7.85. The number of rotatable bonds is 4. The van der Waals surface area contributed by atoms with Crippen LogP contribution in [0.3, 0.4) is 0 Å². The minimum absolute atomic E-state index is 0.00322. The van der Waals surface area contributed by atoms with Crippen molar-refractivity contribution in [3.8, 4) is 5.75 Å². The van der Waals surface area contributed by atoms with E-state index in [-0.39, 0.29) is 17.8 Å². The van der Waals surface area contributed by atoms with E-state index in [1.54, 1.807) is 0 Å². The lowest BCUT2D eigenvalue weighted by Crippen LogP contribution is -2.39. The number of hydrogen-bond acceptors (Lipinski definition) is 3. The Balaban J connectivity index is 1.66. The fraction of sp³-hybridized carbons (Fsp3) is 0.278. The monoisotopic (exact) mass is 348 g/mol. The molecule has 0 spiro atoms. The Morgan fingerprint density at radius 3 is 2.52 bits per heavy atom. The predicted octanol–water partition coefficient (Wildman–Crippen LogP) is 3.63. The number of benzene rings is 2. The zero-order chi connectivity index (χ0) is 17.8. The molecule has 2 unspecified atom stereocenters. The van der Waals surface area contributed by atoms with Gasteiger partial charge >= 0.3 is 6.03 Å². The van der Waals surface area contributed by atoms with Crippen molar-refractivity contribution in [2.45, 2.75) is 18.6 Å². The summed E-state index contributed by atoms with van der Waals surface area (Å²) in [6.45, 7) is 0.524. The van der Waals surface area contributed by atoms with E-state index in [9.17, 15) is 13.6 Å². The summed E-state index contributed by atoms with van der Waals surface area (Å²) in [6, 6.07) is 10.8. The third-order valence-electron chi connectivity index (χ3n) is 4.00. The molecule has 25 heavy (non-hydrogen) atoms. The van der Waals surface area contributed by atoms with Gasteiger partial charge in [-0.15, -0.1) is 0 Å². The number of carbonyl (C=O) groups is 1. The summed E-state index contributed by atoms with van der Waals surface area (Å²) in [5, 5.41) is 5.22. The second-order valence-corrected chi connectivity index (χ2v) is 5.67. The zero-order valence-electron chi connectivity index (χ0n) is 13.6. The molecule has 1 saturated heterocycles. The maximum absolute atomic E-state index is 13.7. The van der Waals surface area contributed by atoms with E-state index in [1.807, 2.05) is 30.3 Å². The molecule has 2 aromatic carbocycles. The van der Waals surface area contributed by atoms with Crippen LogP contribution in [-0.4, -0.2) is 25.8 Å². The van der Waals surface area contributed by atoms with Crippen LogP contribution in [0.1, 0.15) is 18.1 Å². The minimum Gasteiger partial charge on any atom is -0.491 e. The largest absolute Gasteiger partial charge is 0.491 e. The molecule has 5 nitrogen and oxygen atoms in total. The number of anilines is 1. The number of carbonyl (C=O) groups excluding carboxylic acids is 1. The number of nitrogens with one attached hydrogen (secondary N) is 2. The number of hydrogen-bond donors (Lipinski definition) is 2. The van der Waals surface area contributed by atoms with E-state index in [1.165, 1.54) is 7.11 Å². The highest BCUT2D eigenvalue weighted by atomic mass is 19.1. The highest BCUT2D eigenvalue weighted by molar-refractivity contribution is 5.89. The molecule has 2 atom stereocenters. The van der Waals surface area contributed by atoms with Gasteiger partial charge in [0, 0.05) is 24.4 Å². The maximum atomic E-state index is 13.7. The molecule has 1 fully saturated rings. The van der Waals surface area contributed by atoms with Crippen LogP contribution in [0, 0.1) is 11.6 Å². The van der Waals surface area contributed by atoms with Gasteiger partial charge in [0.1, 0.15) is 6.10 Å². The summed E-state index contributed by atoms with van der Waals surface area (Å²) in [5.41, 5.74) is 0.968. The van der Waals surface area contributed by atoms with Gasteiger partial charge in [-0.2, -0.15) is 0 Å². The molecule has 7 heteroatoms. The number of amides is 2. The second-order valence-electron chi connectivity index (χ2n) is 5.67. The van der Waals surface area contributed by atoms with Crippen molar-refractivity contribution in [2.75, 3.05) is 19.0 Å². The minimum atomic E-state index is -0.885. The van der Waals surface area contributed by atoms with Gasteiger partial charge in [0.15, 0.2) is 17.4 Å². The van der Waals surface area contributed by atoms with Crippen molar-refractivity contribution in [3.63, 3.8) is 0 Å². The molecule has 0 aromatic heterocycles. The summed E-state index contributed by atoms with van der Waals surface area (Å²) in [4.78, 5) is 12.2. The Bertz CT molecular complexity index is 732. The van der Waals surface area contributed by atoms with Crippen molar-refractivity contribution < 1.29 is 23.0 Å².